The van der Waals surface area contributed by atoms with Crippen LogP contribution >= 0.6 is 0 Å². The predicted octanol–water partition coefficient (Wildman–Crippen LogP) is 3.60. The lowest BCUT2D eigenvalue weighted by atomic mass is 10.1. The van der Waals surface area contributed by atoms with E-state index in [1.165, 1.54) is 12.1 Å². The molecular formula is C17H17F3N2O. The molecule has 23 heavy (non-hydrogen) atoms. The highest BCUT2D eigenvalue weighted by Gasteiger charge is 2.30. The van der Waals surface area contributed by atoms with Crippen molar-refractivity contribution < 1.29 is 18.0 Å². The molecule has 0 aliphatic carbocycles. The number of halogens is 3. The van der Waals surface area contributed by atoms with E-state index in [0.29, 0.717) is 12.8 Å². The highest BCUT2D eigenvalue weighted by molar-refractivity contribution is 5.94. The van der Waals surface area contributed by atoms with Crippen LogP contribution in [0.4, 0.5) is 18.9 Å². The molecule has 0 heterocycles. The van der Waals surface area contributed by atoms with Gasteiger partial charge >= 0.3 is 6.18 Å². The molecule has 0 saturated carbocycles. The number of rotatable bonds is 5. The summed E-state index contributed by atoms with van der Waals surface area (Å²) in [6, 6.07) is 13.2. The molecule has 1 atom stereocenters. The molecule has 0 fully saturated rings. The number of amides is 1. The molecule has 0 unspecified atom stereocenters. The van der Waals surface area contributed by atoms with Crippen molar-refractivity contribution in [1.82, 2.24) is 0 Å². The highest BCUT2D eigenvalue weighted by Crippen LogP contribution is 2.30. The molecule has 0 aliphatic rings. The Morgan fingerprint density at radius 2 is 1.78 bits per heavy atom. The van der Waals surface area contributed by atoms with Crippen molar-refractivity contribution in [3.63, 3.8) is 0 Å². The van der Waals surface area contributed by atoms with Crippen LogP contribution in [0.1, 0.15) is 17.5 Å². The number of hydrogen-bond acceptors (Lipinski definition) is 2. The fourth-order valence-electron chi connectivity index (χ4n) is 2.11. The fraction of sp³-hybridized carbons (Fsp3) is 0.235. The first kappa shape index (κ1) is 17.0. The van der Waals surface area contributed by atoms with Crippen molar-refractivity contribution in [2.24, 2.45) is 5.73 Å². The van der Waals surface area contributed by atoms with Gasteiger partial charge in [-0.1, -0.05) is 36.4 Å². The molecule has 0 radical (unpaired) electrons. The lowest BCUT2D eigenvalue weighted by Crippen LogP contribution is -2.36. The summed E-state index contributed by atoms with van der Waals surface area (Å²) < 4.78 is 37.9. The second kappa shape index (κ2) is 7.28. The highest BCUT2D eigenvalue weighted by atomic mass is 19.4. The monoisotopic (exact) mass is 322 g/mol. The first-order chi connectivity index (χ1) is 10.9. The Labute approximate surface area is 132 Å². The number of anilines is 1. The maximum atomic E-state index is 12.6. The Kier molecular flexibility index (Phi) is 5.39. The maximum Gasteiger partial charge on any atom is 0.416 e. The Morgan fingerprint density at radius 3 is 2.43 bits per heavy atom. The minimum absolute atomic E-state index is 0.0833. The Morgan fingerprint density at radius 1 is 1.09 bits per heavy atom. The van der Waals surface area contributed by atoms with Gasteiger partial charge in [-0.05, 0) is 36.6 Å². The summed E-state index contributed by atoms with van der Waals surface area (Å²) in [6.45, 7) is 0. The van der Waals surface area contributed by atoms with Crippen LogP contribution in [0.5, 0.6) is 0 Å². The Hall–Kier alpha value is -2.34. The van der Waals surface area contributed by atoms with E-state index in [1.54, 1.807) is 0 Å². The van der Waals surface area contributed by atoms with E-state index in [-0.39, 0.29) is 5.69 Å². The first-order valence-corrected chi connectivity index (χ1v) is 7.14. The van der Waals surface area contributed by atoms with Crippen LogP contribution in [0, 0.1) is 0 Å². The van der Waals surface area contributed by atoms with Crippen LogP contribution in [-0.2, 0) is 17.4 Å². The van der Waals surface area contributed by atoms with Crippen molar-refractivity contribution in [2.45, 2.75) is 25.1 Å². The standard InChI is InChI=1S/C17H17F3N2O/c18-17(19,20)13-7-4-8-14(11-13)22-16(23)15(21)10-9-12-5-2-1-3-6-12/h1-8,11,15H,9-10,21H2,(H,22,23)/t15-/m1/s1. The topological polar surface area (TPSA) is 55.1 Å². The Balaban J connectivity index is 1.93. The van der Waals surface area contributed by atoms with Crippen LogP contribution in [0.3, 0.4) is 0 Å². The molecule has 3 N–H and O–H groups in total. The number of carbonyl (C=O) groups excluding carboxylic acids is 1. The van der Waals surface area contributed by atoms with Gasteiger partial charge in [0.1, 0.15) is 0 Å². The molecule has 0 bridgehead atoms. The summed E-state index contributed by atoms with van der Waals surface area (Å²) in [7, 11) is 0. The zero-order valence-electron chi connectivity index (χ0n) is 12.3. The van der Waals surface area contributed by atoms with Crippen molar-refractivity contribution >= 4 is 11.6 Å². The zero-order chi connectivity index (χ0) is 16.9. The molecule has 6 heteroatoms. The fourth-order valence-corrected chi connectivity index (χ4v) is 2.11. The van der Waals surface area contributed by atoms with E-state index in [0.717, 1.165) is 17.7 Å². The number of nitrogens with one attached hydrogen (secondary N) is 1. The molecular weight excluding hydrogens is 305 g/mol. The van der Waals surface area contributed by atoms with Crippen molar-refractivity contribution in [3.05, 3.63) is 65.7 Å². The number of aryl methyl sites for hydroxylation is 1. The van der Waals surface area contributed by atoms with Gasteiger partial charge in [-0.25, -0.2) is 0 Å². The van der Waals surface area contributed by atoms with Gasteiger partial charge in [-0.15, -0.1) is 0 Å². The van der Waals surface area contributed by atoms with Crippen molar-refractivity contribution in [3.8, 4) is 0 Å². The molecule has 0 saturated heterocycles. The average Bonchev–Trinajstić information content (AvgIpc) is 2.53. The molecule has 0 aromatic heterocycles. The quantitative estimate of drug-likeness (QED) is 0.883. The van der Waals surface area contributed by atoms with E-state index >= 15 is 0 Å². The molecule has 2 aromatic carbocycles. The minimum Gasteiger partial charge on any atom is -0.325 e. The van der Waals surface area contributed by atoms with Gasteiger partial charge < -0.3 is 11.1 Å². The number of hydrogen-bond donors (Lipinski definition) is 2. The van der Waals surface area contributed by atoms with Gasteiger partial charge in [0.05, 0.1) is 11.6 Å². The van der Waals surface area contributed by atoms with E-state index < -0.39 is 23.7 Å². The van der Waals surface area contributed by atoms with Gasteiger partial charge in [0.25, 0.3) is 0 Å². The minimum atomic E-state index is -4.45. The third-order valence-corrected chi connectivity index (χ3v) is 3.38. The van der Waals surface area contributed by atoms with Crippen LogP contribution in [0.2, 0.25) is 0 Å². The molecule has 1 amide bonds. The van der Waals surface area contributed by atoms with Gasteiger partial charge in [-0.2, -0.15) is 13.2 Å². The summed E-state index contributed by atoms with van der Waals surface area (Å²) in [5.41, 5.74) is 6.12. The molecule has 3 nitrogen and oxygen atoms in total. The van der Waals surface area contributed by atoms with E-state index in [1.807, 2.05) is 30.3 Å². The van der Waals surface area contributed by atoms with Crippen LogP contribution in [0.15, 0.2) is 54.6 Å². The Bertz CT molecular complexity index is 656. The van der Waals surface area contributed by atoms with Crippen molar-refractivity contribution in [2.75, 3.05) is 5.32 Å². The average molecular weight is 322 g/mol. The maximum absolute atomic E-state index is 12.6. The molecule has 0 aliphatic heterocycles. The zero-order valence-corrected chi connectivity index (χ0v) is 12.3. The number of alkyl halides is 3. The first-order valence-electron chi connectivity index (χ1n) is 7.14. The van der Waals surface area contributed by atoms with E-state index in [9.17, 15) is 18.0 Å². The van der Waals surface area contributed by atoms with Gasteiger partial charge in [-0.3, -0.25) is 4.79 Å². The van der Waals surface area contributed by atoms with E-state index in [4.69, 9.17) is 5.73 Å². The number of benzene rings is 2. The van der Waals surface area contributed by atoms with Crippen LogP contribution in [0.25, 0.3) is 0 Å². The predicted molar refractivity (Wildman–Crippen MR) is 82.8 cm³/mol. The molecule has 0 spiro atoms. The largest absolute Gasteiger partial charge is 0.416 e. The summed E-state index contributed by atoms with van der Waals surface area (Å²) in [6.07, 6.45) is -3.41. The molecule has 2 aromatic rings. The normalized spacial score (nSPS) is 12.7. The summed E-state index contributed by atoms with van der Waals surface area (Å²) >= 11 is 0. The van der Waals surface area contributed by atoms with Gasteiger partial charge in [0.2, 0.25) is 5.91 Å². The third-order valence-electron chi connectivity index (χ3n) is 3.38. The smallest absolute Gasteiger partial charge is 0.325 e. The summed E-state index contributed by atoms with van der Waals surface area (Å²) in [5, 5.41) is 2.43. The SMILES string of the molecule is N[C@H](CCc1ccccc1)C(=O)Nc1cccc(C(F)(F)F)c1. The number of nitrogens with two attached hydrogens (primary N) is 1. The second-order valence-corrected chi connectivity index (χ2v) is 5.20. The lowest BCUT2D eigenvalue weighted by molar-refractivity contribution is -0.137. The van der Waals surface area contributed by atoms with Crippen LogP contribution < -0.4 is 11.1 Å². The summed E-state index contributed by atoms with van der Waals surface area (Å²) in [4.78, 5) is 12.0. The molecule has 122 valence electrons. The molecule has 2 rings (SSSR count). The van der Waals surface area contributed by atoms with Crippen LogP contribution in [-0.4, -0.2) is 11.9 Å². The van der Waals surface area contributed by atoms with Gasteiger partial charge in [0.15, 0.2) is 0 Å². The summed E-state index contributed by atoms with van der Waals surface area (Å²) in [5.74, 6) is -0.500. The van der Waals surface area contributed by atoms with Gasteiger partial charge in [0, 0.05) is 5.69 Å². The second-order valence-electron chi connectivity index (χ2n) is 5.20. The van der Waals surface area contributed by atoms with E-state index in [2.05, 4.69) is 5.32 Å². The lowest BCUT2D eigenvalue weighted by Gasteiger charge is -2.13. The third kappa shape index (κ3) is 5.10. The number of carbonyl (C=O) groups is 1. The van der Waals surface area contributed by atoms with Crippen molar-refractivity contribution in [1.29, 1.82) is 0 Å².